The van der Waals surface area contributed by atoms with Crippen LogP contribution in [0.1, 0.15) is 5.56 Å². The summed E-state index contributed by atoms with van der Waals surface area (Å²) in [6.07, 6.45) is 0. The van der Waals surface area contributed by atoms with Crippen LogP contribution in [0.3, 0.4) is 0 Å². The molecule has 0 radical (unpaired) electrons. The molecule has 26 heavy (non-hydrogen) atoms. The first-order chi connectivity index (χ1) is 12.2. The normalized spacial score (nSPS) is 11.0. The van der Waals surface area contributed by atoms with Gasteiger partial charge in [-0.05, 0) is 25.1 Å². The smallest absolute Gasteiger partial charge is 0.326 e. The molecule has 10 heteroatoms. The third-order valence-corrected chi connectivity index (χ3v) is 5.34. The highest BCUT2D eigenvalue weighted by Gasteiger charge is 2.31. The molecule has 0 bridgehead atoms. The molecule has 0 unspecified atom stereocenters. The number of carbonyl (C=O) groups is 1. The zero-order chi connectivity index (χ0) is 19.5. The van der Waals surface area contributed by atoms with Crippen LogP contribution in [0.25, 0.3) is 0 Å². The number of sulfonamides is 1. The summed E-state index contributed by atoms with van der Waals surface area (Å²) in [7, 11) is -3.41. The lowest BCUT2D eigenvalue weighted by molar-refractivity contribution is -0.385. The van der Waals surface area contributed by atoms with Gasteiger partial charge in [-0.25, -0.2) is 12.8 Å². The molecule has 0 aliphatic heterocycles. The standard InChI is InChI=1S/C16H15FN2O6S/c1-11-7-8-12(9-15(11)19(21)22)26(23,24)18(10-16(20)25-2)14-6-4-3-5-13(14)17/h3-9H,10H2,1-2H3. The van der Waals surface area contributed by atoms with Crippen molar-refractivity contribution in [2.75, 3.05) is 18.0 Å². The van der Waals surface area contributed by atoms with E-state index < -0.39 is 43.9 Å². The number of aryl methyl sites for hydroxylation is 1. The molecule has 0 spiro atoms. The highest BCUT2D eigenvalue weighted by Crippen LogP contribution is 2.29. The average molecular weight is 382 g/mol. The number of benzene rings is 2. The first-order valence-electron chi connectivity index (χ1n) is 7.27. The van der Waals surface area contributed by atoms with Gasteiger partial charge in [0.25, 0.3) is 15.7 Å². The van der Waals surface area contributed by atoms with Gasteiger partial charge in [0.05, 0.1) is 22.6 Å². The van der Waals surface area contributed by atoms with Crippen molar-refractivity contribution in [2.45, 2.75) is 11.8 Å². The van der Waals surface area contributed by atoms with Crippen molar-refractivity contribution in [3.63, 3.8) is 0 Å². The van der Waals surface area contributed by atoms with Crippen LogP contribution < -0.4 is 4.31 Å². The van der Waals surface area contributed by atoms with Gasteiger partial charge in [0.2, 0.25) is 0 Å². The van der Waals surface area contributed by atoms with E-state index in [1.807, 2.05) is 0 Å². The summed E-state index contributed by atoms with van der Waals surface area (Å²) >= 11 is 0. The maximum Gasteiger partial charge on any atom is 0.326 e. The topological polar surface area (TPSA) is 107 Å². The van der Waals surface area contributed by atoms with Crippen LogP contribution in [-0.4, -0.2) is 33.0 Å². The molecule has 0 saturated carbocycles. The SMILES string of the molecule is COC(=O)CN(c1ccccc1F)S(=O)(=O)c1ccc(C)c([N+](=O)[O-])c1. The predicted molar refractivity (Wildman–Crippen MR) is 90.8 cm³/mol. The Morgan fingerprint density at radius 2 is 1.92 bits per heavy atom. The second kappa shape index (κ2) is 7.48. The fourth-order valence-electron chi connectivity index (χ4n) is 2.21. The number of esters is 1. The van der Waals surface area contributed by atoms with E-state index in [9.17, 15) is 27.7 Å². The summed E-state index contributed by atoms with van der Waals surface area (Å²) in [5, 5.41) is 11.1. The zero-order valence-electron chi connectivity index (χ0n) is 13.9. The lowest BCUT2D eigenvalue weighted by Crippen LogP contribution is -2.37. The van der Waals surface area contributed by atoms with Crippen molar-refractivity contribution in [1.82, 2.24) is 0 Å². The minimum atomic E-state index is -4.47. The number of methoxy groups -OCH3 is 1. The molecule has 2 rings (SSSR count). The number of hydrogen-bond acceptors (Lipinski definition) is 6. The first-order valence-corrected chi connectivity index (χ1v) is 8.71. The quantitative estimate of drug-likeness (QED) is 0.431. The summed E-state index contributed by atoms with van der Waals surface area (Å²) in [6.45, 7) is 0.666. The molecular weight excluding hydrogens is 367 g/mol. The molecule has 0 saturated heterocycles. The second-order valence-corrected chi connectivity index (χ2v) is 7.11. The van der Waals surface area contributed by atoms with Gasteiger partial charge in [-0.2, -0.15) is 0 Å². The van der Waals surface area contributed by atoms with Crippen molar-refractivity contribution in [3.05, 3.63) is 64.0 Å². The monoisotopic (exact) mass is 382 g/mol. The van der Waals surface area contributed by atoms with Gasteiger partial charge >= 0.3 is 5.97 Å². The van der Waals surface area contributed by atoms with E-state index >= 15 is 0 Å². The molecule has 0 amide bonds. The van der Waals surface area contributed by atoms with Crippen molar-refractivity contribution in [2.24, 2.45) is 0 Å². The molecule has 0 atom stereocenters. The van der Waals surface area contributed by atoms with Crippen LogP contribution in [0.15, 0.2) is 47.4 Å². The van der Waals surface area contributed by atoms with E-state index in [2.05, 4.69) is 4.74 Å². The van der Waals surface area contributed by atoms with E-state index in [-0.39, 0.29) is 11.3 Å². The Labute approximate surface area is 149 Å². The number of halogens is 1. The van der Waals surface area contributed by atoms with Crippen molar-refractivity contribution in [1.29, 1.82) is 0 Å². The molecule has 0 heterocycles. The number of ether oxygens (including phenoxy) is 1. The van der Waals surface area contributed by atoms with Crippen molar-refractivity contribution >= 4 is 27.4 Å². The molecule has 0 fully saturated rings. The number of hydrogen-bond donors (Lipinski definition) is 0. The Morgan fingerprint density at radius 1 is 1.27 bits per heavy atom. The van der Waals surface area contributed by atoms with Gasteiger partial charge in [-0.15, -0.1) is 0 Å². The van der Waals surface area contributed by atoms with Gasteiger partial charge < -0.3 is 4.74 Å². The van der Waals surface area contributed by atoms with E-state index in [0.717, 1.165) is 25.3 Å². The van der Waals surface area contributed by atoms with Crippen LogP contribution in [0.4, 0.5) is 15.8 Å². The molecule has 0 N–H and O–H groups in total. The van der Waals surface area contributed by atoms with Crippen LogP contribution in [0.5, 0.6) is 0 Å². The van der Waals surface area contributed by atoms with Gasteiger partial charge in [0.1, 0.15) is 12.4 Å². The Hall–Kier alpha value is -3.01. The second-order valence-electron chi connectivity index (χ2n) is 5.24. The number of nitrogens with zero attached hydrogens (tertiary/aromatic N) is 2. The van der Waals surface area contributed by atoms with Gasteiger partial charge in [-0.3, -0.25) is 19.2 Å². The number of rotatable bonds is 6. The van der Waals surface area contributed by atoms with Gasteiger partial charge in [0.15, 0.2) is 0 Å². The largest absolute Gasteiger partial charge is 0.468 e. The molecular formula is C16H15FN2O6S. The van der Waals surface area contributed by atoms with Gasteiger partial charge in [0, 0.05) is 11.6 Å². The van der Waals surface area contributed by atoms with Gasteiger partial charge in [-0.1, -0.05) is 18.2 Å². The van der Waals surface area contributed by atoms with Crippen LogP contribution in [-0.2, 0) is 19.6 Å². The first kappa shape index (κ1) is 19.3. The molecule has 2 aromatic carbocycles. The minimum absolute atomic E-state index is 0.263. The molecule has 2 aromatic rings. The Balaban J connectivity index is 2.63. The lowest BCUT2D eigenvalue weighted by Gasteiger charge is -2.23. The molecule has 0 aromatic heterocycles. The number of nitro groups is 1. The highest BCUT2D eigenvalue weighted by molar-refractivity contribution is 7.92. The summed E-state index contributed by atoms with van der Waals surface area (Å²) in [5.41, 5.74) is -0.516. The minimum Gasteiger partial charge on any atom is -0.468 e. The summed E-state index contributed by atoms with van der Waals surface area (Å²) < 4.78 is 45.0. The van der Waals surface area contributed by atoms with E-state index in [4.69, 9.17) is 0 Å². The summed E-state index contributed by atoms with van der Waals surface area (Å²) in [5.74, 6) is -1.79. The van der Waals surface area contributed by atoms with Crippen molar-refractivity contribution in [3.8, 4) is 0 Å². The Morgan fingerprint density at radius 3 is 2.50 bits per heavy atom. The van der Waals surface area contributed by atoms with Crippen molar-refractivity contribution < 1.29 is 27.3 Å². The van der Waals surface area contributed by atoms with Crippen LogP contribution in [0, 0.1) is 22.9 Å². The summed E-state index contributed by atoms with van der Waals surface area (Å²) in [6, 6.07) is 8.26. The molecule has 0 aliphatic rings. The molecule has 138 valence electrons. The van der Waals surface area contributed by atoms with E-state index in [0.29, 0.717) is 4.31 Å². The maximum atomic E-state index is 14.1. The maximum absolute atomic E-state index is 14.1. The Kier molecular flexibility index (Phi) is 5.56. The fraction of sp³-hybridized carbons (Fsp3) is 0.188. The van der Waals surface area contributed by atoms with Crippen LogP contribution >= 0.6 is 0 Å². The summed E-state index contributed by atoms with van der Waals surface area (Å²) in [4.78, 5) is 21.6. The van der Waals surface area contributed by atoms with E-state index in [1.165, 1.54) is 31.2 Å². The van der Waals surface area contributed by atoms with E-state index in [1.54, 1.807) is 0 Å². The molecule has 0 aliphatic carbocycles. The third kappa shape index (κ3) is 3.80. The molecule has 8 nitrogen and oxygen atoms in total. The number of anilines is 1. The highest BCUT2D eigenvalue weighted by atomic mass is 32.2. The number of carbonyl (C=O) groups excluding carboxylic acids is 1. The number of para-hydroxylation sites is 1. The number of nitro benzene ring substituents is 1. The third-order valence-electron chi connectivity index (χ3n) is 3.59. The lowest BCUT2D eigenvalue weighted by atomic mass is 10.2. The average Bonchev–Trinajstić information content (AvgIpc) is 2.60. The Bertz CT molecular complexity index is 961. The predicted octanol–water partition coefficient (Wildman–Crippen LogP) is 2.41. The van der Waals surface area contributed by atoms with Crippen LogP contribution in [0.2, 0.25) is 0 Å². The zero-order valence-corrected chi connectivity index (χ0v) is 14.7. The fourth-order valence-corrected chi connectivity index (χ4v) is 3.65.